The van der Waals surface area contributed by atoms with Crippen molar-refractivity contribution in [3.63, 3.8) is 0 Å². The van der Waals surface area contributed by atoms with Crippen molar-refractivity contribution in [3.05, 3.63) is 65.5 Å². The summed E-state index contributed by atoms with van der Waals surface area (Å²) in [5.41, 5.74) is 1.66. The molecule has 2 rings (SSSR count). The molecule has 0 fully saturated rings. The van der Waals surface area contributed by atoms with Gasteiger partial charge in [-0.05, 0) is 23.8 Å². The molecule has 0 radical (unpaired) electrons. The molecule has 3 nitrogen and oxygen atoms in total. The number of hydrogen-bond acceptors (Lipinski definition) is 3. The van der Waals surface area contributed by atoms with Crippen LogP contribution in [0.5, 0.6) is 0 Å². The van der Waals surface area contributed by atoms with E-state index in [1.807, 2.05) is 18.2 Å². The topological polar surface area (TPSA) is 50.2 Å². The van der Waals surface area contributed by atoms with Gasteiger partial charge in [-0.3, -0.25) is 4.98 Å². The second kappa shape index (κ2) is 5.01. The van der Waals surface area contributed by atoms with Crippen LogP contribution in [0.25, 0.3) is 0 Å². The van der Waals surface area contributed by atoms with Gasteiger partial charge < -0.3 is 5.11 Å². The van der Waals surface area contributed by atoms with Gasteiger partial charge in [0.1, 0.15) is 0 Å². The molecule has 4 heteroatoms. The summed E-state index contributed by atoms with van der Waals surface area (Å²) in [6.07, 6.45) is 1.67. The predicted molar refractivity (Wildman–Crippen MR) is 68.5 cm³/mol. The van der Waals surface area contributed by atoms with E-state index in [0.717, 1.165) is 5.69 Å². The Morgan fingerprint density at radius 2 is 1.88 bits per heavy atom. The monoisotopic (exact) mass is 245 g/mol. The third-order valence-electron chi connectivity index (χ3n) is 2.45. The summed E-state index contributed by atoms with van der Waals surface area (Å²) < 4.78 is 0. The molecule has 0 spiro atoms. The third kappa shape index (κ3) is 2.47. The van der Waals surface area contributed by atoms with E-state index in [9.17, 15) is 4.79 Å². The number of aromatic nitrogens is 1. The zero-order valence-electron chi connectivity index (χ0n) is 8.95. The van der Waals surface area contributed by atoms with E-state index in [4.69, 9.17) is 5.11 Å². The minimum absolute atomic E-state index is 0.262. The Hall–Kier alpha value is -1.81. The van der Waals surface area contributed by atoms with E-state index in [1.54, 1.807) is 30.5 Å². The van der Waals surface area contributed by atoms with Gasteiger partial charge in [-0.15, -0.1) is 0 Å². The average Bonchev–Trinajstić information content (AvgIpc) is 2.39. The number of carbonyl (C=O) groups is 1. The number of carboxylic acid groups (broad SMARTS) is 1. The van der Waals surface area contributed by atoms with Crippen LogP contribution in [0, 0.1) is 0 Å². The van der Waals surface area contributed by atoms with E-state index in [-0.39, 0.29) is 10.8 Å². The second-order valence-electron chi connectivity index (χ2n) is 3.55. The van der Waals surface area contributed by atoms with Gasteiger partial charge in [0, 0.05) is 6.20 Å². The normalized spacial score (nSPS) is 12.1. The fourth-order valence-electron chi connectivity index (χ4n) is 1.63. The van der Waals surface area contributed by atoms with Gasteiger partial charge in [0.2, 0.25) is 0 Å². The summed E-state index contributed by atoms with van der Waals surface area (Å²) in [5, 5.41) is 8.78. The minimum atomic E-state index is -0.949. The summed E-state index contributed by atoms with van der Waals surface area (Å²) in [4.78, 5) is 15.3. The predicted octanol–water partition coefficient (Wildman–Crippen LogP) is 2.80. The number of thiol groups is 1. The average molecular weight is 245 g/mol. The fourth-order valence-corrected chi connectivity index (χ4v) is 2.01. The first kappa shape index (κ1) is 11.7. The zero-order chi connectivity index (χ0) is 12.3. The van der Waals surface area contributed by atoms with Crippen molar-refractivity contribution < 1.29 is 9.90 Å². The second-order valence-corrected chi connectivity index (χ2v) is 4.07. The molecule has 17 heavy (non-hydrogen) atoms. The van der Waals surface area contributed by atoms with Crippen LogP contribution in [-0.4, -0.2) is 16.1 Å². The molecule has 0 saturated carbocycles. The molecule has 1 aromatic heterocycles. The lowest BCUT2D eigenvalue weighted by atomic mass is 10.0. The fraction of sp³-hybridized carbons (Fsp3) is 0.0769. The first-order valence-electron chi connectivity index (χ1n) is 5.11. The Morgan fingerprint density at radius 1 is 1.18 bits per heavy atom. The summed E-state index contributed by atoms with van der Waals surface area (Å²) in [5.74, 6) is -0.949. The number of pyridine rings is 1. The van der Waals surface area contributed by atoms with E-state index in [2.05, 4.69) is 17.6 Å². The van der Waals surface area contributed by atoms with Crippen LogP contribution in [0.2, 0.25) is 0 Å². The smallest absolute Gasteiger partial charge is 0.336 e. The number of hydrogen-bond donors (Lipinski definition) is 2. The number of aromatic carboxylic acids is 1. The van der Waals surface area contributed by atoms with Crippen LogP contribution in [0.15, 0.2) is 48.7 Å². The van der Waals surface area contributed by atoms with Crippen molar-refractivity contribution in [2.75, 3.05) is 0 Å². The number of rotatable bonds is 3. The minimum Gasteiger partial charge on any atom is -0.478 e. The van der Waals surface area contributed by atoms with Crippen LogP contribution in [0.3, 0.4) is 0 Å². The van der Waals surface area contributed by atoms with Gasteiger partial charge in [0.25, 0.3) is 0 Å². The quantitative estimate of drug-likeness (QED) is 0.817. The lowest BCUT2D eigenvalue weighted by Crippen LogP contribution is -2.05. The summed E-state index contributed by atoms with van der Waals surface area (Å²) in [6, 6.07) is 12.3. The van der Waals surface area contributed by atoms with E-state index >= 15 is 0 Å². The van der Waals surface area contributed by atoms with Crippen LogP contribution >= 0.6 is 12.6 Å². The Labute approximate surface area is 105 Å². The maximum absolute atomic E-state index is 11.1. The molecule has 2 aromatic rings. The molecule has 0 aliphatic heterocycles. The van der Waals surface area contributed by atoms with Gasteiger partial charge in [-0.1, -0.05) is 24.3 Å². The van der Waals surface area contributed by atoms with Crippen molar-refractivity contribution in [2.24, 2.45) is 0 Å². The Kier molecular flexibility index (Phi) is 3.44. The molecule has 0 amide bonds. The summed E-state index contributed by atoms with van der Waals surface area (Å²) in [7, 11) is 0. The van der Waals surface area contributed by atoms with Gasteiger partial charge >= 0.3 is 5.97 Å². The van der Waals surface area contributed by atoms with Gasteiger partial charge in [-0.25, -0.2) is 4.79 Å². The maximum Gasteiger partial charge on any atom is 0.336 e. The number of nitrogens with zero attached hydrogens (tertiary/aromatic N) is 1. The zero-order valence-corrected chi connectivity index (χ0v) is 9.84. The molecule has 1 N–H and O–H groups in total. The molecule has 1 atom stereocenters. The van der Waals surface area contributed by atoms with Gasteiger partial charge in [0.15, 0.2) is 0 Å². The number of benzene rings is 1. The highest BCUT2D eigenvalue weighted by Gasteiger charge is 2.17. The van der Waals surface area contributed by atoms with Crippen LogP contribution in [0.1, 0.15) is 26.9 Å². The van der Waals surface area contributed by atoms with E-state index in [0.29, 0.717) is 5.56 Å². The maximum atomic E-state index is 11.1. The third-order valence-corrected chi connectivity index (χ3v) is 3.00. The Balaban J connectivity index is 2.44. The lowest BCUT2D eigenvalue weighted by Gasteiger charge is -2.12. The molecular weight excluding hydrogens is 234 g/mol. The molecule has 1 heterocycles. The lowest BCUT2D eigenvalue weighted by molar-refractivity contribution is 0.0696. The van der Waals surface area contributed by atoms with Crippen LogP contribution < -0.4 is 0 Å². The first-order chi connectivity index (χ1) is 8.20. The van der Waals surface area contributed by atoms with E-state index in [1.165, 1.54) is 0 Å². The highest BCUT2D eigenvalue weighted by Crippen LogP contribution is 2.29. The molecule has 1 unspecified atom stereocenters. The molecule has 0 aliphatic rings. The Bertz CT molecular complexity index is 528. The van der Waals surface area contributed by atoms with Crippen molar-refractivity contribution in [3.8, 4) is 0 Å². The molecule has 86 valence electrons. The molecular formula is C13H11NO2S. The van der Waals surface area contributed by atoms with Gasteiger partial charge in [0.05, 0.1) is 16.5 Å². The van der Waals surface area contributed by atoms with Crippen LogP contribution in [-0.2, 0) is 0 Å². The van der Waals surface area contributed by atoms with Crippen molar-refractivity contribution in [2.45, 2.75) is 5.25 Å². The van der Waals surface area contributed by atoms with Crippen molar-refractivity contribution in [1.82, 2.24) is 4.98 Å². The van der Waals surface area contributed by atoms with Gasteiger partial charge in [-0.2, -0.15) is 12.6 Å². The largest absolute Gasteiger partial charge is 0.478 e. The summed E-state index contributed by atoms with van der Waals surface area (Å²) in [6.45, 7) is 0. The first-order valence-corrected chi connectivity index (χ1v) is 5.63. The SMILES string of the molecule is O=C(O)c1ccccc1C(S)c1ccccn1. The van der Waals surface area contributed by atoms with Crippen LogP contribution in [0.4, 0.5) is 0 Å². The molecule has 0 saturated heterocycles. The number of carboxylic acids is 1. The van der Waals surface area contributed by atoms with Crippen molar-refractivity contribution in [1.29, 1.82) is 0 Å². The standard InChI is InChI=1S/C13H11NO2S/c15-13(16)10-6-2-1-5-9(10)12(17)11-7-3-4-8-14-11/h1-8,12,17H,(H,15,16). The Morgan fingerprint density at radius 3 is 2.53 bits per heavy atom. The highest BCUT2D eigenvalue weighted by atomic mass is 32.1. The van der Waals surface area contributed by atoms with E-state index < -0.39 is 5.97 Å². The molecule has 0 bridgehead atoms. The summed E-state index contributed by atoms with van der Waals surface area (Å²) >= 11 is 4.45. The molecule has 0 aliphatic carbocycles. The van der Waals surface area contributed by atoms with Crippen molar-refractivity contribution >= 4 is 18.6 Å². The molecule has 1 aromatic carbocycles. The highest BCUT2D eigenvalue weighted by molar-refractivity contribution is 7.80.